The Balaban J connectivity index is 1.73. The van der Waals surface area contributed by atoms with Crippen LogP contribution in [0.5, 0.6) is 0 Å². The Labute approximate surface area is 168 Å². The van der Waals surface area contributed by atoms with Crippen molar-refractivity contribution in [2.45, 2.75) is 32.2 Å². The van der Waals surface area contributed by atoms with Gasteiger partial charge in [0, 0.05) is 32.7 Å². The summed E-state index contributed by atoms with van der Waals surface area (Å²) < 4.78 is 0. The van der Waals surface area contributed by atoms with E-state index in [-0.39, 0.29) is 11.9 Å². The monoisotopic (exact) mass is 384 g/mol. The number of nitrogens with two attached hydrogens (primary N) is 3. The van der Waals surface area contributed by atoms with Crippen molar-refractivity contribution in [3.8, 4) is 0 Å². The van der Waals surface area contributed by atoms with Crippen LogP contribution in [-0.2, 0) is 6.54 Å². The van der Waals surface area contributed by atoms with Crippen molar-refractivity contribution in [2.75, 3.05) is 26.2 Å². The second kappa shape index (κ2) is 9.28. The van der Waals surface area contributed by atoms with Crippen LogP contribution in [0.15, 0.2) is 24.3 Å². The van der Waals surface area contributed by atoms with Crippen LogP contribution in [0.25, 0.3) is 0 Å². The highest BCUT2D eigenvalue weighted by molar-refractivity contribution is 5.75. The van der Waals surface area contributed by atoms with Crippen LogP contribution in [0.2, 0.25) is 0 Å². The van der Waals surface area contributed by atoms with E-state index in [2.05, 4.69) is 30.7 Å². The smallest absolute Gasteiger partial charge is 0.188 e. The highest BCUT2D eigenvalue weighted by atomic mass is 15.2. The van der Waals surface area contributed by atoms with Crippen molar-refractivity contribution >= 4 is 11.9 Å². The second-order valence-corrected chi connectivity index (χ2v) is 8.23. The van der Waals surface area contributed by atoms with Gasteiger partial charge in [-0.25, -0.2) is 0 Å². The van der Waals surface area contributed by atoms with E-state index in [4.69, 9.17) is 28.0 Å². The van der Waals surface area contributed by atoms with Gasteiger partial charge in [-0.2, -0.15) is 0 Å². The maximum absolute atomic E-state index is 7.83. The first-order valence-electron chi connectivity index (χ1n) is 10.3. The van der Waals surface area contributed by atoms with Crippen molar-refractivity contribution in [3.05, 3.63) is 41.8 Å². The minimum atomic E-state index is 0.178. The molecule has 28 heavy (non-hydrogen) atoms. The van der Waals surface area contributed by atoms with Gasteiger partial charge in [0.2, 0.25) is 0 Å². The minimum Gasteiger partial charge on any atom is -0.370 e. The van der Waals surface area contributed by atoms with Crippen LogP contribution in [0, 0.1) is 35.0 Å². The Morgan fingerprint density at radius 3 is 2.54 bits per heavy atom. The quantitative estimate of drug-likeness (QED) is 0.375. The molecule has 8 N–H and O–H groups in total. The van der Waals surface area contributed by atoms with Crippen LogP contribution in [-0.4, -0.2) is 47.9 Å². The molecule has 2 saturated heterocycles. The lowest BCUT2D eigenvalue weighted by molar-refractivity contribution is 0.188. The molecule has 1 aromatic carbocycles. The average Bonchev–Trinajstić information content (AvgIpc) is 3.17. The lowest BCUT2D eigenvalue weighted by atomic mass is 9.76. The number of piperidine rings is 1. The van der Waals surface area contributed by atoms with Gasteiger partial charge in [0.25, 0.3) is 0 Å². The van der Waals surface area contributed by atoms with Crippen molar-refractivity contribution < 1.29 is 0 Å². The number of nitrogens with one attached hydrogen (secondary N) is 2. The number of hydrogen-bond donors (Lipinski definition) is 5. The predicted molar refractivity (Wildman–Crippen MR) is 114 cm³/mol. The minimum absolute atomic E-state index is 0.178. The molecule has 1 aromatic rings. The molecule has 153 valence electrons. The first-order valence-corrected chi connectivity index (χ1v) is 10.3. The van der Waals surface area contributed by atoms with E-state index in [1.807, 2.05) is 9.80 Å². The first-order chi connectivity index (χ1) is 13.5. The Morgan fingerprint density at radius 2 is 1.86 bits per heavy atom. The van der Waals surface area contributed by atoms with Gasteiger partial charge in [0.05, 0.1) is 0 Å². The Morgan fingerprint density at radius 1 is 1.11 bits per heavy atom. The molecule has 2 fully saturated rings. The van der Waals surface area contributed by atoms with Crippen LogP contribution in [0.3, 0.4) is 0 Å². The summed E-state index contributed by atoms with van der Waals surface area (Å²) in [5.74, 6) is 1.78. The topological polar surface area (TPSA) is 132 Å². The van der Waals surface area contributed by atoms with Crippen molar-refractivity contribution in [2.24, 2.45) is 35.0 Å². The third-order valence-corrected chi connectivity index (χ3v) is 6.23. The number of rotatable bonds is 6. The summed E-state index contributed by atoms with van der Waals surface area (Å²) >= 11 is 0. The Kier molecular flexibility index (Phi) is 6.78. The number of hydrogen-bond acceptors (Lipinski definition) is 3. The van der Waals surface area contributed by atoms with Crippen molar-refractivity contribution in [3.63, 3.8) is 0 Å². The van der Waals surface area contributed by atoms with Gasteiger partial charge in [-0.05, 0) is 61.0 Å². The van der Waals surface area contributed by atoms with E-state index in [0.29, 0.717) is 24.3 Å². The van der Waals surface area contributed by atoms with Crippen LogP contribution >= 0.6 is 0 Å². The van der Waals surface area contributed by atoms with Gasteiger partial charge in [0.15, 0.2) is 11.9 Å². The summed E-state index contributed by atoms with van der Waals surface area (Å²) in [7, 11) is 0. The van der Waals surface area contributed by atoms with Gasteiger partial charge in [-0.3, -0.25) is 10.8 Å². The second-order valence-electron chi connectivity index (χ2n) is 8.23. The third-order valence-electron chi connectivity index (χ3n) is 6.23. The van der Waals surface area contributed by atoms with Gasteiger partial charge >= 0.3 is 0 Å². The lowest BCUT2D eigenvalue weighted by Gasteiger charge is -2.38. The molecule has 2 aliphatic heterocycles. The van der Waals surface area contributed by atoms with E-state index < -0.39 is 0 Å². The number of guanidine groups is 2. The number of likely N-dealkylation sites (tertiary alicyclic amines) is 2. The standard InChI is InChI=1S/C21H34N7/c22-12-16-4-1-3-15(9-16)10-19(11-17-6-8-28(13-17)21(25)26)18-5-2-7-27(14-18)20(23)24/h1,3-4,9-10,17-19H,2,5-8,11-14,22H2,(H3,23,24)(H3,25,26). The van der Waals surface area contributed by atoms with Crippen molar-refractivity contribution in [1.82, 2.24) is 9.80 Å². The molecule has 0 aliphatic carbocycles. The maximum atomic E-state index is 7.83. The van der Waals surface area contributed by atoms with E-state index in [1.165, 1.54) is 5.56 Å². The summed E-state index contributed by atoms with van der Waals surface area (Å²) in [5, 5.41) is 15.5. The van der Waals surface area contributed by atoms with E-state index in [1.54, 1.807) is 0 Å². The molecule has 0 amide bonds. The zero-order valence-electron chi connectivity index (χ0n) is 16.6. The normalized spacial score (nSPS) is 23.6. The Hall–Kier alpha value is -2.28. The van der Waals surface area contributed by atoms with E-state index >= 15 is 0 Å². The summed E-state index contributed by atoms with van der Waals surface area (Å²) in [4.78, 5) is 3.97. The molecule has 0 spiro atoms. The zero-order chi connectivity index (χ0) is 20.1. The molecular formula is C21H34N7. The number of nitrogens with zero attached hydrogens (tertiary/aromatic N) is 2. The molecule has 3 unspecified atom stereocenters. The summed E-state index contributed by atoms with van der Waals surface area (Å²) in [6, 6.07) is 8.45. The molecule has 0 saturated carbocycles. The maximum Gasteiger partial charge on any atom is 0.188 e. The lowest BCUT2D eigenvalue weighted by Crippen LogP contribution is -2.45. The van der Waals surface area contributed by atoms with Gasteiger partial charge in [-0.1, -0.05) is 24.3 Å². The van der Waals surface area contributed by atoms with Gasteiger partial charge in [-0.15, -0.1) is 0 Å². The fourth-order valence-corrected chi connectivity index (χ4v) is 4.67. The fourth-order valence-electron chi connectivity index (χ4n) is 4.67. The molecule has 1 radical (unpaired) electrons. The predicted octanol–water partition coefficient (Wildman–Crippen LogP) is 1.52. The molecule has 3 rings (SSSR count). The molecular weight excluding hydrogens is 350 g/mol. The van der Waals surface area contributed by atoms with E-state index in [0.717, 1.165) is 57.4 Å². The number of benzene rings is 1. The molecule has 7 heteroatoms. The molecule has 2 aliphatic rings. The zero-order valence-corrected chi connectivity index (χ0v) is 16.6. The largest absolute Gasteiger partial charge is 0.370 e. The van der Waals surface area contributed by atoms with Crippen LogP contribution in [0.1, 0.15) is 36.8 Å². The summed E-state index contributed by atoms with van der Waals surface area (Å²) in [6.45, 7) is 4.01. The first kappa shape index (κ1) is 20.5. The highest BCUT2D eigenvalue weighted by Gasteiger charge is 2.32. The van der Waals surface area contributed by atoms with Gasteiger partial charge in [0.1, 0.15) is 0 Å². The summed E-state index contributed by atoms with van der Waals surface area (Å²) in [6.07, 6.45) is 6.78. The molecule has 0 aromatic heterocycles. The summed E-state index contributed by atoms with van der Waals surface area (Å²) in [5.41, 5.74) is 19.6. The third kappa shape index (κ3) is 5.16. The molecule has 0 bridgehead atoms. The average molecular weight is 385 g/mol. The SMILES string of the molecule is N=C(N)N1CCC(CC([CH]c2cccc(CN)c2)C2CCCN(C(=N)N)C2)C1. The highest BCUT2D eigenvalue weighted by Crippen LogP contribution is 2.35. The van der Waals surface area contributed by atoms with Crippen LogP contribution in [0.4, 0.5) is 0 Å². The van der Waals surface area contributed by atoms with E-state index in [9.17, 15) is 0 Å². The molecule has 2 heterocycles. The fraction of sp³-hybridized carbons (Fsp3) is 0.571. The van der Waals surface area contributed by atoms with Crippen molar-refractivity contribution in [1.29, 1.82) is 10.8 Å². The van der Waals surface area contributed by atoms with Crippen LogP contribution < -0.4 is 17.2 Å². The Bertz CT molecular complexity index is 689. The molecule has 7 nitrogen and oxygen atoms in total. The van der Waals surface area contributed by atoms with Gasteiger partial charge < -0.3 is 27.0 Å². The molecule has 3 atom stereocenters.